The smallest absolute Gasteiger partial charge is 0.668 e. The molecule has 2 aromatic carbocycles. The number of guanidine groups is 1. The van der Waals surface area contributed by atoms with Crippen LogP contribution in [0.15, 0.2) is 36.4 Å². The third kappa shape index (κ3) is 21.8. The van der Waals surface area contributed by atoms with E-state index in [0.29, 0.717) is 18.0 Å². The van der Waals surface area contributed by atoms with Crippen LogP contribution in [0.2, 0.25) is 118 Å². The maximum absolute atomic E-state index is 11.7. The first-order chi connectivity index (χ1) is 25.0. The number of nitrogens with zero attached hydrogens (tertiary/aromatic N) is 6. The van der Waals surface area contributed by atoms with Gasteiger partial charge >= 0.3 is 39.9 Å². The van der Waals surface area contributed by atoms with Gasteiger partial charge in [0.25, 0.3) is 0 Å². The molecule has 2 aliphatic carbocycles. The molecule has 316 valence electrons. The van der Waals surface area contributed by atoms with E-state index in [9.17, 15) is 5.41 Å². The summed E-state index contributed by atoms with van der Waals surface area (Å²) in [6, 6.07) is 14.0. The number of hydrogen-bond donors (Lipinski definition) is 0. The standard InChI is InChI=1S/C25H32N3.3C6H18NSi2.Th/c26-25-27(20-13-5-1-2-6-14-20)22-17-9-11-19-12-10-18-23(24(19)22)28(25)21-15-7-3-4-8-16-21;3*1-8(2,3)7-9(4,5)6;/h9-12,17-18,20-21H,1-8,13-16H2;3*1-6H3;/q4*-1;+4. The molecule has 0 radical (unpaired) electrons. The summed E-state index contributed by atoms with van der Waals surface area (Å²) < 4.78 is 14.5. The fourth-order valence-corrected chi connectivity index (χ4v) is 33.0. The van der Waals surface area contributed by atoms with Crippen molar-refractivity contribution in [2.24, 2.45) is 0 Å². The summed E-state index contributed by atoms with van der Waals surface area (Å²) in [4.78, 5) is 4.62. The van der Waals surface area contributed by atoms with Gasteiger partial charge in [0.05, 0.1) is 0 Å². The van der Waals surface area contributed by atoms with Crippen LogP contribution in [-0.4, -0.2) is 67.5 Å². The molecule has 1 heterocycles. The van der Waals surface area contributed by atoms with Crippen LogP contribution in [0.4, 0.5) is 11.4 Å². The maximum atomic E-state index is 11.7. The Kier molecular flexibility index (Phi) is 22.4. The van der Waals surface area contributed by atoms with Crippen LogP contribution in [-0.2, 0) is 0 Å². The third-order valence-corrected chi connectivity index (χ3v) is 25.3. The second-order valence-electron chi connectivity index (χ2n) is 22.3. The molecule has 2 saturated carbocycles. The van der Waals surface area contributed by atoms with Crippen LogP contribution < -0.4 is 9.80 Å². The SMILES string of the molecule is C[Si](C)(C)[N-][Si](C)(C)C.C[Si](C)(C)[N-][Si](C)(C)C.C[Si](C)(C)[N-][Si](C)(C)C.[N-]=C1N(C2CCCCCC2)c2cccc3cccc(c23)N1C1CCCCCC1.[Th+4]. The summed E-state index contributed by atoms with van der Waals surface area (Å²) in [7, 11) is -6.64. The second kappa shape index (κ2) is 23.1. The quantitative estimate of drug-likeness (QED) is 0.195. The molecule has 6 nitrogen and oxygen atoms in total. The molecule has 2 aromatic rings. The summed E-state index contributed by atoms with van der Waals surface area (Å²) in [5, 5.41) is 14.3. The van der Waals surface area contributed by atoms with Crippen LogP contribution in [0.1, 0.15) is 77.0 Å². The van der Waals surface area contributed by atoms with Gasteiger partial charge in [-0.25, -0.2) is 0 Å². The van der Waals surface area contributed by atoms with Crippen molar-refractivity contribution in [1.82, 2.24) is 0 Å². The van der Waals surface area contributed by atoms with Crippen LogP contribution in [0.5, 0.6) is 0 Å². The number of benzene rings is 2. The topological polar surface area (TPSA) is 71.1 Å². The van der Waals surface area contributed by atoms with E-state index in [-0.39, 0.29) is 39.9 Å². The summed E-state index contributed by atoms with van der Waals surface area (Å²) in [6.45, 7) is 41.3. The van der Waals surface area contributed by atoms with E-state index in [1.54, 1.807) is 0 Å². The summed E-state index contributed by atoms with van der Waals surface area (Å²) in [6.07, 6.45) is 15.1. The van der Waals surface area contributed by atoms with Gasteiger partial charge in [0, 0.05) is 11.3 Å². The maximum Gasteiger partial charge on any atom is 4.00 e. The van der Waals surface area contributed by atoms with Gasteiger partial charge < -0.3 is 29.2 Å². The van der Waals surface area contributed by atoms with E-state index in [0.717, 1.165) is 0 Å². The fraction of sp³-hybridized carbons (Fsp3) is 0.744. The molecule has 0 spiro atoms. The van der Waals surface area contributed by atoms with E-state index in [1.807, 2.05) is 0 Å². The molecule has 5 rings (SSSR count). The van der Waals surface area contributed by atoms with Crippen LogP contribution in [0, 0.1) is 39.9 Å². The van der Waals surface area contributed by atoms with Crippen LogP contribution >= 0.6 is 0 Å². The summed E-state index contributed by atoms with van der Waals surface area (Å²) in [5.74, 6) is 0.491. The van der Waals surface area contributed by atoms with Crippen molar-refractivity contribution in [3.8, 4) is 0 Å². The van der Waals surface area contributed by atoms with Gasteiger partial charge in [-0.05, 0) is 54.5 Å². The minimum atomic E-state index is -1.11. The van der Waals surface area contributed by atoms with Crippen molar-refractivity contribution in [2.75, 3.05) is 9.80 Å². The molecule has 0 saturated heterocycles. The van der Waals surface area contributed by atoms with Crippen molar-refractivity contribution in [2.45, 2.75) is 207 Å². The molecule has 0 unspecified atom stereocenters. The molecule has 1 aliphatic heterocycles. The van der Waals surface area contributed by atoms with Gasteiger partial charge in [0.1, 0.15) is 0 Å². The zero-order valence-corrected chi connectivity index (χ0v) is 49.9. The molecule has 0 aromatic heterocycles. The van der Waals surface area contributed by atoms with Crippen LogP contribution in [0.25, 0.3) is 30.1 Å². The average Bonchev–Trinajstić information content (AvgIpc) is 3.39. The third-order valence-electron chi connectivity index (χ3n) is 9.20. The first-order valence-electron chi connectivity index (χ1n) is 21.8. The van der Waals surface area contributed by atoms with Gasteiger partial charge in [-0.1, -0.05) is 255 Å². The Hall–Kier alpha value is 0.476. The largest absolute Gasteiger partial charge is 4.00 e. The molecule has 56 heavy (non-hydrogen) atoms. The van der Waals surface area contributed by atoms with E-state index in [1.165, 1.54) is 99.2 Å². The Balaban J connectivity index is 0.000000463. The van der Waals surface area contributed by atoms with Crippen molar-refractivity contribution in [3.05, 3.63) is 55.8 Å². The number of hydrogen-bond acceptors (Lipinski definition) is 0. The zero-order chi connectivity index (χ0) is 42.0. The van der Waals surface area contributed by atoms with E-state index in [2.05, 4.69) is 164 Å². The fourth-order valence-electron chi connectivity index (χ4n) is 8.81. The molecule has 3 aliphatic rings. The van der Waals surface area contributed by atoms with E-state index < -0.39 is 49.4 Å². The second-order valence-corrected chi connectivity index (χ2v) is 51.1. The van der Waals surface area contributed by atoms with Gasteiger partial charge in [0.2, 0.25) is 0 Å². The molecule has 13 heteroatoms. The Morgan fingerprint density at radius 2 is 0.679 bits per heavy atom. The van der Waals surface area contributed by atoms with Gasteiger partial charge in [-0.2, -0.15) is 0 Å². The van der Waals surface area contributed by atoms with Crippen molar-refractivity contribution >= 4 is 77.5 Å². The molecule has 0 bridgehead atoms. The van der Waals surface area contributed by atoms with Crippen LogP contribution in [0.3, 0.4) is 0 Å². The number of anilines is 2. The molecule has 0 amide bonds. The zero-order valence-electron chi connectivity index (χ0n) is 39.8. The first-order valence-corrected chi connectivity index (χ1v) is 42.5. The van der Waals surface area contributed by atoms with Crippen molar-refractivity contribution in [1.29, 1.82) is 0 Å². The monoisotopic (exact) mass is 1090 g/mol. The minimum Gasteiger partial charge on any atom is -0.668 e. The van der Waals surface area contributed by atoms with E-state index in [4.69, 9.17) is 13.9 Å². The Morgan fingerprint density at radius 3 is 0.893 bits per heavy atom. The average molecular weight is 1090 g/mol. The Labute approximate surface area is 386 Å². The minimum absolute atomic E-state index is 0. The molecule has 0 N–H and O–H groups in total. The number of rotatable bonds is 8. The van der Waals surface area contributed by atoms with Gasteiger partial charge in [-0.15, -0.1) is 0 Å². The predicted molar refractivity (Wildman–Crippen MR) is 270 cm³/mol. The van der Waals surface area contributed by atoms with Gasteiger partial charge in [0.15, 0.2) is 0 Å². The van der Waals surface area contributed by atoms with Gasteiger partial charge in [-0.3, -0.25) is 0 Å². The summed E-state index contributed by atoms with van der Waals surface area (Å²) in [5.41, 5.74) is 2.42. The molecular weight excluding hydrogens is 1000 g/mol. The van der Waals surface area contributed by atoms with E-state index >= 15 is 0 Å². The normalized spacial score (nSPS) is 17.9. The summed E-state index contributed by atoms with van der Waals surface area (Å²) >= 11 is 0. The molecular formula is C43H86N6Si6Th. The molecule has 2 fully saturated rings. The predicted octanol–water partition coefficient (Wildman–Crippen LogP) is 15.9. The Morgan fingerprint density at radius 1 is 0.429 bits per heavy atom. The first kappa shape index (κ1) is 54.5. The molecule has 0 atom stereocenters. The van der Waals surface area contributed by atoms with Crippen molar-refractivity contribution in [3.63, 3.8) is 0 Å². The Bertz CT molecular complexity index is 1290. The van der Waals surface area contributed by atoms with Crippen molar-refractivity contribution < 1.29 is 39.9 Å².